The third kappa shape index (κ3) is 6.26. The van der Waals surface area contributed by atoms with Crippen molar-refractivity contribution < 1.29 is 27.5 Å². The molecule has 27 heavy (non-hydrogen) atoms. The van der Waals surface area contributed by atoms with Gasteiger partial charge in [-0.25, -0.2) is 9.48 Å². The molecule has 0 bridgehead atoms. The van der Waals surface area contributed by atoms with Crippen LogP contribution in [-0.2, 0) is 9.53 Å². The van der Waals surface area contributed by atoms with Gasteiger partial charge in [0.1, 0.15) is 5.60 Å². The summed E-state index contributed by atoms with van der Waals surface area (Å²) < 4.78 is 44.0. The molecule has 2 rings (SSSR count). The number of hydrogen-bond donors (Lipinski definition) is 1. The Balaban J connectivity index is 2.02. The molecule has 0 radical (unpaired) electrons. The van der Waals surface area contributed by atoms with E-state index in [1.807, 2.05) is 0 Å². The van der Waals surface area contributed by atoms with E-state index in [4.69, 9.17) is 4.74 Å². The van der Waals surface area contributed by atoms with Crippen LogP contribution in [0, 0.1) is 5.92 Å². The van der Waals surface area contributed by atoms with Crippen molar-refractivity contribution in [3.8, 4) is 0 Å². The molecule has 0 saturated carbocycles. The second kappa shape index (κ2) is 7.97. The Morgan fingerprint density at radius 2 is 2.04 bits per heavy atom. The molecular weight excluding hydrogens is 367 g/mol. The van der Waals surface area contributed by atoms with Crippen molar-refractivity contribution in [1.82, 2.24) is 20.0 Å². The number of alkyl carbamates (subject to hydrolysis) is 1. The second-order valence-corrected chi connectivity index (χ2v) is 7.15. The Morgan fingerprint density at radius 1 is 1.33 bits per heavy atom. The van der Waals surface area contributed by atoms with Crippen molar-refractivity contribution in [2.45, 2.75) is 39.0 Å². The Bertz CT molecular complexity index is 695. The fraction of sp³-hybridized carbons (Fsp3) is 0.625. The van der Waals surface area contributed by atoms with Gasteiger partial charge in [-0.3, -0.25) is 4.79 Å². The Labute approximate surface area is 154 Å². The SMILES string of the molecule is CC(C)(C)OC(=O)NCC1CCN(C(=NC(=O)C(F)(F)F)n2cccn2)C1. The average molecular weight is 389 g/mol. The third-order valence-electron chi connectivity index (χ3n) is 3.66. The van der Waals surface area contributed by atoms with Crippen molar-refractivity contribution in [1.29, 1.82) is 0 Å². The van der Waals surface area contributed by atoms with Gasteiger partial charge in [-0.15, -0.1) is 0 Å². The summed E-state index contributed by atoms with van der Waals surface area (Å²) in [4.78, 5) is 27.8. The maximum Gasteiger partial charge on any atom is 0.473 e. The van der Waals surface area contributed by atoms with Crippen LogP contribution < -0.4 is 5.32 Å². The molecule has 1 N–H and O–H groups in total. The number of rotatable bonds is 2. The van der Waals surface area contributed by atoms with Crippen molar-refractivity contribution in [2.75, 3.05) is 19.6 Å². The Kier molecular flexibility index (Phi) is 6.11. The van der Waals surface area contributed by atoms with Gasteiger partial charge in [-0.2, -0.15) is 23.3 Å². The van der Waals surface area contributed by atoms with Crippen LogP contribution in [-0.4, -0.2) is 64.1 Å². The van der Waals surface area contributed by atoms with Crippen LogP contribution in [0.5, 0.6) is 0 Å². The van der Waals surface area contributed by atoms with Gasteiger partial charge < -0.3 is 15.0 Å². The molecule has 1 unspecified atom stereocenters. The highest BCUT2D eigenvalue weighted by Gasteiger charge is 2.40. The number of alkyl halides is 3. The molecule has 2 amide bonds. The molecule has 1 saturated heterocycles. The summed E-state index contributed by atoms with van der Waals surface area (Å²) in [5.74, 6) is -2.41. The number of carbonyl (C=O) groups excluding carboxylic acids is 2. The highest BCUT2D eigenvalue weighted by atomic mass is 19.4. The molecule has 1 fully saturated rings. The van der Waals surface area contributed by atoms with Gasteiger partial charge in [-0.1, -0.05) is 0 Å². The highest BCUT2D eigenvalue weighted by molar-refractivity contribution is 5.96. The molecule has 8 nitrogen and oxygen atoms in total. The van der Waals surface area contributed by atoms with E-state index in [0.717, 1.165) is 4.68 Å². The van der Waals surface area contributed by atoms with Crippen LogP contribution in [0.4, 0.5) is 18.0 Å². The number of halogens is 3. The average Bonchev–Trinajstić information content (AvgIpc) is 3.19. The van der Waals surface area contributed by atoms with E-state index < -0.39 is 23.8 Å². The quantitative estimate of drug-likeness (QED) is 0.618. The number of carbonyl (C=O) groups is 2. The molecule has 1 aromatic heterocycles. The molecule has 150 valence electrons. The summed E-state index contributed by atoms with van der Waals surface area (Å²) in [5, 5.41) is 6.51. The van der Waals surface area contributed by atoms with Crippen molar-refractivity contribution >= 4 is 18.0 Å². The smallest absolute Gasteiger partial charge is 0.444 e. The molecule has 1 aromatic rings. The van der Waals surface area contributed by atoms with Gasteiger partial charge in [0.25, 0.3) is 0 Å². The first kappa shape index (κ1) is 20.7. The minimum absolute atomic E-state index is 0.0285. The summed E-state index contributed by atoms with van der Waals surface area (Å²) >= 11 is 0. The van der Waals surface area contributed by atoms with Gasteiger partial charge in [0.15, 0.2) is 0 Å². The van der Waals surface area contributed by atoms with Gasteiger partial charge in [-0.05, 0) is 39.2 Å². The monoisotopic (exact) mass is 389 g/mol. The molecule has 0 aliphatic carbocycles. The highest BCUT2D eigenvalue weighted by Crippen LogP contribution is 2.20. The standard InChI is InChI=1S/C16H22F3N5O3/c1-15(2,3)27-14(26)20-9-11-5-8-23(10-11)13(24-7-4-6-21-24)22-12(25)16(17,18)19/h4,6-7,11H,5,8-10H2,1-3H3,(H,20,26). The molecule has 1 aliphatic heterocycles. The zero-order valence-electron chi connectivity index (χ0n) is 15.3. The number of ether oxygens (including phenoxy) is 1. The lowest BCUT2D eigenvalue weighted by Crippen LogP contribution is -2.39. The number of amides is 2. The van der Waals surface area contributed by atoms with Crippen LogP contribution in [0.1, 0.15) is 27.2 Å². The van der Waals surface area contributed by atoms with E-state index in [1.165, 1.54) is 23.4 Å². The molecule has 1 atom stereocenters. The van der Waals surface area contributed by atoms with E-state index in [0.29, 0.717) is 26.1 Å². The van der Waals surface area contributed by atoms with Crippen molar-refractivity contribution in [3.63, 3.8) is 0 Å². The number of nitrogens with one attached hydrogen (secondary N) is 1. The molecule has 0 spiro atoms. The van der Waals surface area contributed by atoms with Gasteiger partial charge in [0, 0.05) is 32.0 Å². The number of aliphatic imine (C=N–C) groups is 1. The van der Waals surface area contributed by atoms with E-state index in [2.05, 4.69) is 15.4 Å². The van der Waals surface area contributed by atoms with E-state index in [-0.39, 0.29) is 11.9 Å². The summed E-state index contributed by atoms with van der Waals surface area (Å²) in [6.07, 6.45) is -2.22. The maximum atomic E-state index is 12.6. The van der Waals surface area contributed by atoms with E-state index in [1.54, 1.807) is 20.8 Å². The third-order valence-corrected chi connectivity index (χ3v) is 3.66. The molecule has 1 aliphatic rings. The number of nitrogens with zero attached hydrogens (tertiary/aromatic N) is 4. The van der Waals surface area contributed by atoms with Gasteiger partial charge in [0.05, 0.1) is 0 Å². The predicted molar refractivity (Wildman–Crippen MR) is 90.0 cm³/mol. The lowest BCUT2D eigenvalue weighted by molar-refractivity contribution is -0.169. The van der Waals surface area contributed by atoms with Gasteiger partial charge >= 0.3 is 18.2 Å². The van der Waals surface area contributed by atoms with Gasteiger partial charge in [0.2, 0.25) is 5.96 Å². The fourth-order valence-electron chi connectivity index (χ4n) is 2.53. The largest absolute Gasteiger partial charge is 0.473 e. The zero-order chi connectivity index (χ0) is 20.2. The predicted octanol–water partition coefficient (Wildman–Crippen LogP) is 2.02. The van der Waals surface area contributed by atoms with Crippen LogP contribution in [0.15, 0.2) is 23.5 Å². The van der Waals surface area contributed by atoms with Crippen molar-refractivity contribution in [3.05, 3.63) is 18.5 Å². The van der Waals surface area contributed by atoms with Crippen LogP contribution in [0.25, 0.3) is 0 Å². The van der Waals surface area contributed by atoms with Crippen molar-refractivity contribution in [2.24, 2.45) is 10.9 Å². The maximum absolute atomic E-state index is 12.6. The van der Waals surface area contributed by atoms with Crippen LogP contribution in [0.2, 0.25) is 0 Å². The molecular formula is C16H22F3N5O3. The normalized spacial score (nSPS) is 18.5. The van der Waals surface area contributed by atoms with Crippen LogP contribution >= 0.6 is 0 Å². The minimum atomic E-state index is -5.06. The molecule has 0 aromatic carbocycles. The Morgan fingerprint density at radius 3 is 2.59 bits per heavy atom. The number of aromatic nitrogens is 2. The first-order valence-corrected chi connectivity index (χ1v) is 8.37. The summed E-state index contributed by atoms with van der Waals surface area (Å²) in [6.45, 7) is 6.23. The number of likely N-dealkylation sites (tertiary alicyclic amines) is 1. The number of hydrogen-bond acceptors (Lipinski definition) is 4. The first-order valence-electron chi connectivity index (χ1n) is 8.37. The summed E-state index contributed by atoms with van der Waals surface area (Å²) in [7, 11) is 0. The zero-order valence-corrected chi connectivity index (χ0v) is 15.3. The summed E-state index contributed by atoms with van der Waals surface area (Å²) in [5.41, 5.74) is -0.621. The molecule has 2 heterocycles. The first-order chi connectivity index (χ1) is 12.5. The fourth-order valence-corrected chi connectivity index (χ4v) is 2.53. The minimum Gasteiger partial charge on any atom is -0.444 e. The topological polar surface area (TPSA) is 88.8 Å². The van der Waals surface area contributed by atoms with E-state index in [9.17, 15) is 22.8 Å². The second-order valence-electron chi connectivity index (χ2n) is 7.15. The van der Waals surface area contributed by atoms with E-state index >= 15 is 0 Å². The molecule has 11 heteroatoms. The lowest BCUT2D eigenvalue weighted by Gasteiger charge is -2.22. The Hall–Kier alpha value is -2.59. The lowest BCUT2D eigenvalue weighted by atomic mass is 10.1. The summed E-state index contributed by atoms with van der Waals surface area (Å²) in [6, 6.07) is 1.52. The van der Waals surface area contributed by atoms with Crippen LogP contribution in [0.3, 0.4) is 0 Å².